The van der Waals surface area contributed by atoms with E-state index >= 15 is 0 Å². The largest absolute Gasteiger partial charge is 0.455 e. The van der Waals surface area contributed by atoms with Gasteiger partial charge in [-0.1, -0.05) is 125 Å². The minimum Gasteiger partial charge on any atom is -0.455 e. The number of nitrogens with zero attached hydrogens (tertiary/aromatic N) is 2. The number of benzene rings is 7. The molecule has 9 rings (SSSR count). The fourth-order valence-electron chi connectivity index (χ4n) is 7.62. The molecule has 9 aromatic rings. The molecule has 0 atom stereocenters. The van der Waals surface area contributed by atoms with Crippen LogP contribution in [0.15, 0.2) is 150 Å². The first kappa shape index (κ1) is 30.2. The monoisotopic (exact) mass is 646 g/mol. The van der Waals surface area contributed by atoms with E-state index in [4.69, 9.17) is 9.40 Å². The van der Waals surface area contributed by atoms with Gasteiger partial charge in [0.15, 0.2) is 0 Å². The highest BCUT2D eigenvalue weighted by Gasteiger charge is 2.25. The molecule has 0 unspecified atom stereocenters. The van der Waals surface area contributed by atoms with Crippen LogP contribution >= 0.6 is 0 Å². The maximum Gasteiger partial charge on any atom is 0.149 e. The smallest absolute Gasteiger partial charge is 0.149 e. The molecule has 0 saturated heterocycles. The Morgan fingerprint density at radius 1 is 0.500 bits per heavy atom. The maximum atomic E-state index is 6.96. The van der Waals surface area contributed by atoms with Crippen molar-refractivity contribution in [3.8, 4) is 39.3 Å². The highest BCUT2D eigenvalue weighted by atomic mass is 16.3. The fourth-order valence-corrected chi connectivity index (χ4v) is 7.62. The van der Waals surface area contributed by atoms with Crippen molar-refractivity contribution in [1.82, 2.24) is 9.55 Å². The van der Waals surface area contributed by atoms with Crippen LogP contribution in [0, 0.1) is 0 Å². The Bertz CT molecular complexity index is 2670. The van der Waals surface area contributed by atoms with Gasteiger partial charge in [-0.2, -0.15) is 0 Å². The molecule has 0 amide bonds. The van der Waals surface area contributed by atoms with E-state index in [0.717, 1.165) is 55.1 Å². The number of imidazole rings is 1. The first-order chi connectivity index (χ1) is 24.5. The van der Waals surface area contributed by atoms with Crippen molar-refractivity contribution in [1.29, 1.82) is 0 Å². The van der Waals surface area contributed by atoms with Crippen LogP contribution in [-0.2, 0) is 0 Å². The number of fused-ring (bicyclic) bond motifs is 6. The molecule has 0 saturated carbocycles. The zero-order valence-corrected chi connectivity index (χ0v) is 28.8. The first-order valence-electron chi connectivity index (χ1n) is 17.6. The SMILES string of the molecule is CC(C)c1cc(-c2ccccc2)cc(C(C)C)c1-n1c(-c2cccc3c2oc2c4ccc(-c5ccccc5)cc4ccc32)nc2ccccc21. The van der Waals surface area contributed by atoms with Gasteiger partial charge in [0.25, 0.3) is 0 Å². The zero-order chi connectivity index (χ0) is 33.9. The Morgan fingerprint density at radius 3 is 1.82 bits per heavy atom. The molecule has 50 heavy (non-hydrogen) atoms. The number of aromatic nitrogens is 2. The highest BCUT2D eigenvalue weighted by molar-refractivity contribution is 6.17. The normalized spacial score (nSPS) is 12.0. The van der Waals surface area contributed by atoms with E-state index in [1.54, 1.807) is 0 Å². The molecule has 2 heterocycles. The second-order valence-corrected chi connectivity index (χ2v) is 14.0. The highest BCUT2D eigenvalue weighted by Crippen LogP contribution is 2.43. The molecule has 3 heteroatoms. The fraction of sp³-hybridized carbons (Fsp3) is 0.128. The van der Waals surface area contributed by atoms with E-state index in [9.17, 15) is 0 Å². The lowest BCUT2D eigenvalue weighted by Gasteiger charge is -2.24. The molecule has 0 spiro atoms. The number of para-hydroxylation sites is 3. The van der Waals surface area contributed by atoms with E-state index in [-0.39, 0.29) is 11.8 Å². The minimum absolute atomic E-state index is 0.286. The predicted octanol–water partition coefficient (Wildman–Crippen LogP) is 13.3. The molecular formula is C47H38N2O. The molecule has 0 N–H and O–H groups in total. The Morgan fingerprint density at radius 2 is 1.12 bits per heavy atom. The molecular weight excluding hydrogens is 609 g/mol. The van der Waals surface area contributed by atoms with Gasteiger partial charge in [0.2, 0.25) is 0 Å². The third-order valence-corrected chi connectivity index (χ3v) is 10.1. The van der Waals surface area contributed by atoms with Gasteiger partial charge in [-0.3, -0.25) is 4.57 Å². The van der Waals surface area contributed by atoms with Crippen LogP contribution in [0.4, 0.5) is 0 Å². The summed E-state index contributed by atoms with van der Waals surface area (Å²) in [6.45, 7) is 9.19. The van der Waals surface area contributed by atoms with Gasteiger partial charge in [0.05, 0.1) is 22.3 Å². The predicted molar refractivity (Wildman–Crippen MR) is 210 cm³/mol. The average Bonchev–Trinajstić information content (AvgIpc) is 3.74. The van der Waals surface area contributed by atoms with Crippen molar-refractivity contribution < 1.29 is 4.42 Å². The van der Waals surface area contributed by atoms with Gasteiger partial charge in [0, 0.05) is 16.2 Å². The van der Waals surface area contributed by atoms with Crippen LogP contribution in [0.2, 0.25) is 0 Å². The van der Waals surface area contributed by atoms with Crippen molar-refractivity contribution in [3.63, 3.8) is 0 Å². The van der Waals surface area contributed by atoms with Gasteiger partial charge >= 0.3 is 0 Å². The van der Waals surface area contributed by atoms with Gasteiger partial charge in [-0.05, 0) is 99.1 Å². The Labute approximate surface area is 292 Å². The van der Waals surface area contributed by atoms with Gasteiger partial charge < -0.3 is 4.42 Å². The quantitative estimate of drug-likeness (QED) is 0.180. The van der Waals surface area contributed by atoms with Crippen LogP contribution in [0.1, 0.15) is 50.7 Å². The molecule has 7 aromatic carbocycles. The van der Waals surface area contributed by atoms with E-state index in [1.807, 2.05) is 0 Å². The van der Waals surface area contributed by atoms with Gasteiger partial charge in [0.1, 0.15) is 17.0 Å². The van der Waals surface area contributed by atoms with Gasteiger partial charge in [-0.15, -0.1) is 0 Å². The van der Waals surface area contributed by atoms with Crippen molar-refractivity contribution in [2.45, 2.75) is 39.5 Å². The maximum absolute atomic E-state index is 6.96. The second kappa shape index (κ2) is 11.9. The van der Waals surface area contributed by atoms with Crippen molar-refractivity contribution in [3.05, 3.63) is 157 Å². The molecule has 0 radical (unpaired) electrons. The van der Waals surface area contributed by atoms with Crippen LogP contribution < -0.4 is 0 Å². The van der Waals surface area contributed by atoms with E-state index in [2.05, 4.69) is 178 Å². The molecule has 0 aliphatic heterocycles. The summed E-state index contributed by atoms with van der Waals surface area (Å²) in [6.07, 6.45) is 0. The number of furan rings is 1. The number of hydrogen-bond donors (Lipinski definition) is 0. The summed E-state index contributed by atoms with van der Waals surface area (Å²) in [5, 5.41) is 4.48. The summed E-state index contributed by atoms with van der Waals surface area (Å²) in [5.74, 6) is 1.46. The lowest BCUT2D eigenvalue weighted by Crippen LogP contribution is -2.09. The lowest BCUT2D eigenvalue weighted by molar-refractivity contribution is 0.673. The molecule has 242 valence electrons. The van der Waals surface area contributed by atoms with Gasteiger partial charge in [-0.25, -0.2) is 4.98 Å². The number of hydrogen-bond acceptors (Lipinski definition) is 2. The Hall–Kier alpha value is -5.93. The van der Waals surface area contributed by atoms with E-state index in [0.29, 0.717) is 0 Å². The van der Waals surface area contributed by atoms with E-state index < -0.39 is 0 Å². The summed E-state index contributed by atoms with van der Waals surface area (Å²) < 4.78 is 9.37. The lowest BCUT2D eigenvalue weighted by atomic mass is 9.88. The van der Waals surface area contributed by atoms with Crippen LogP contribution in [0.3, 0.4) is 0 Å². The molecule has 0 aliphatic carbocycles. The van der Waals surface area contributed by atoms with Crippen LogP contribution in [0.5, 0.6) is 0 Å². The molecule has 2 aromatic heterocycles. The van der Waals surface area contributed by atoms with E-state index in [1.165, 1.54) is 39.1 Å². The number of rotatable bonds is 6. The second-order valence-electron chi connectivity index (χ2n) is 14.0. The summed E-state index contributed by atoms with van der Waals surface area (Å²) in [5.41, 5.74) is 13.5. The Balaban J connectivity index is 1.31. The third-order valence-electron chi connectivity index (χ3n) is 10.1. The molecule has 0 bridgehead atoms. The zero-order valence-electron chi connectivity index (χ0n) is 28.8. The van der Waals surface area contributed by atoms with Crippen molar-refractivity contribution >= 4 is 43.7 Å². The summed E-state index contributed by atoms with van der Waals surface area (Å²) in [6, 6.07) is 52.1. The van der Waals surface area contributed by atoms with Crippen LogP contribution in [0.25, 0.3) is 83.1 Å². The molecule has 0 aliphatic rings. The average molecular weight is 647 g/mol. The van der Waals surface area contributed by atoms with Crippen molar-refractivity contribution in [2.24, 2.45) is 0 Å². The Kier molecular flexibility index (Phi) is 7.17. The first-order valence-corrected chi connectivity index (χ1v) is 17.6. The third kappa shape index (κ3) is 4.84. The topological polar surface area (TPSA) is 31.0 Å². The summed E-state index contributed by atoms with van der Waals surface area (Å²) in [4.78, 5) is 5.37. The summed E-state index contributed by atoms with van der Waals surface area (Å²) in [7, 11) is 0. The standard InChI is InChI=1S/C47H38N2O/c1-29(2)40-27-35(32-16-9-6-10-17-32)28-41(30(3)4)44(40)49-43-21-12-11-20-42(43)48-47(49)39-19-13-18-37-38-25-23-34-26-33(31-14-7-5-8-15-31)22-24-36(34)45(38)50-46(37)39/h5-30H,1-4H3. The summed E-state index contributed by atoms with van der Waals surface area (Å²) >= 11 is 0. The molecule has 0 fully saturated rings. The molecule has 3 nitrogen and oxygen atoms in total. The van der Waals surface area contributed by atoms with Crippen LogP contribution in [-0.4, -0.2) is 9.55 Å². The minimum atomic E-state index is 0.286. The van der Waals surface area contributed by atoms with Crippen molar-refractivity contribution in [2.75, 3.05) is 0 Å².